The van der Waals surface area contributed by atoms with E-state index in [0.717, 1.165) is 12.0 Å². The molecule has 1 aromatic carbocycles. The van der Waals surface area contributed by atoms with Crippen LogP contribution in [-0.2, 0) is 16.4 Å². The van der Waals surface area contributed by atoms with Gasteiger partial charge in [0.15, 0.2) is 0 Å². The summed E-state index contributed by atoms with van der Waals surface area (Å²) in [6.45, 7) is 4.35. The van der Waals surface area contributed by atoms with Gasteiger partial charge in [-0.3, -0.25) is 0 Å². The lowest BCUT2D eigenvalue weighted by molar-refractivity contribution is 0.597. The molecule has 0 fully saturated rings. The highest BCUT2D eigenvalue weighted by Crippen LogP contribution is 2.11. The lowest BCUT2D eigenvalue weighted by Crippen LogP contribution is -2.14. The van der Waals surface area contributed by atoms with Gasteiger partial charge < -0.3 is 0 Å². The highest BCUT2D eigenvalue weighted by Gasteiger charge is 2.00. The maximum absolute atomic E-state index is 11.2. The molecule has 0 saturated heterocycles. The molecular weight excluding hydrogens is 234 g/mol. The summed E-state index contributed by atoms with van der Waals surface area (Å²) < 4.78 is 24.6. The summed E-state index contributed by atoms with van der Waals surface area (Å²) in [6.07, 6.45) is 2.63. The first-order valence-corrected chi connectivity index (χ1v) is 7.18. The van der Waals surface area contributed by atoms with Crippen LogP contribution < -0.4 is 4.72 Å². The van der Waals surface area contributed by atoms with E-state index in [9.17, 15) is 8.42 Å². The number of nitrogens with one attached hydrogen (secondary N) is 1. The Morgan fingerprint density at radius 1 is 1.24 bits per heavy atom. The molecule has 0 aliphatic rings. The van der Waals surface area contributed by atoms with Crippen molar-refractivity contribution in [2.75, 3.05) is 7.05 Å². The Balaban J connectivity index is 2.75. The third-order valence-electron chi connectivity index (χ3n) is 2.35. The minimum absolute atomic E-state index is 0.626. The number of hydrogen-bond acceptors (Lipinski definition) is 2. The van der Waals surface area contributed by atoms with Crippen molar-refractivity contribution in [2.45, 2.75) is 20.3 Å². The molecule has 1 rings (SSSR count). The molecule has 0 aliphatic carbocycles. The van der Waals surface area contributed by atoms with Gasteiger partial charge in [-0.15, -0.1) is 0 Å². The minimum Gasteiger partial charge on any atom is -0.215 e. The van der Waals surface area contributed by atoms with Crippen molar-refractivity contribution in [1.82, 2.24) is 4.72 Å². The molecule has 0 bridgehead atoms. The Morgan fingerprint density at radius 2 is 1.82 bits per heavy atom. The van der Waals surface area contributed by atoms with Gasteiger partial charge in [0.25, 0.3) is 0 Å². The highest BCUT2D eigenvalue weighted by molar-refractivity contribution is 7.92. The molecular formula is C13H19NO2S. The maximum atomic E-state index is 11.2. The Morgan fingerprint density at radius 3 is 2.29 bits per heavy atom. The van der Waals surface area contributed by atoms with Crippen LogP contribution in [0, 0.1) is 5.92 Å². The van der Waals surface area contributed by atoms with Crippen LogP contribution in [0.4, 0.5) is 0 Å². The van der Waals surface area contributed by atoms with Crippen molar-refractivity contribution in [3.8, 4) is 0 Å². The zero-order valence-corrected chi connectivity index (χ0v) is 11.3. The lowest BCUT2D eigenvalue weighted by atomic mass is 10.0. The summed E-state index contributed by atoms with van der Waals surface area (Å²) in [5, 5.41) is 1.17. The summed E-state index contributed by atoms with van der Waals surface area (Å²) in [4.78, 5) is 0. The molecule has 0 amide bonds. The molecule has 0 saturated carbocycles. The first-order valence-electron chi connectivity index (χ1n) is 5.63. The van der Waals surface area contributed by atoms with Crippen LogP contribution in [0.2, 0.25) is 0 Å². The van der Waals surface area contributed by atoms with Gasteiger partial charge >= 0.3 is 0 Å². The Kier molecular flexibility index (Phi) is 4.90. The van der Waals surface area contributed by atoms with Crippen LogP contribution in [0.5, 0.6) is 0 Å². The van der Waals surface area contributed by atoms with E-state index in [0.29, 0.717) is 5.92 Å². The fourth-order valence-electron chi connectivity index (χ4n) is 1.47. The second-order valence-corrected chi connectivity index (χ2v) is 6.16. The molecule has 0 heterocycles. The van der Waals surface area contributed by atoms with E-state index in [1.54, 1.807) is 6.08 Å². The maximum Gasteiger partial charge on any atom is 0.233 e. The van der Waals surface area contributed by atoms with E-state index in [4.69, 9.17) is 0 Å². The quantitative estimate of drug-likeness (QED) is 0.876. The van der Waals surface area contributed by atoms with Crippen LogP contribution in [0.3, 0.4) is 0 Å². The van der Waals surface area contributed by atoms with Crippen molar-refractivity contribution in [3.05, 3.63) is 40.8 Å². The predicted molar refractivity (Wildman–Crippen MR) is 72.0 cm³/mol. The molecule has 0 radical (unpaired) electrons. The van der Waals surface area contributed by atoms with Gasteiger partial charge in [0, 0.05) is 5.41 Å². The molecule has 0 aliphatic heterocycles. The van der Waals surface area contributed by atoms with Gasteiger partial charge in [-0.05, 0) is 36.6 Å². The van der Waals surface area contributed by atoms with Crippen molar-refractivity contribution < 1.29 is 8.42 Å². The van der Waals surface area contributed by atoms with Gasteiger partial charge in [0.1, 0.15) is 0 Å². The van der Waals surface area contributed by atoms with Gasteiger partial charge in [-0.25, -0.2) is 13.1 Å². The van der Waals surface area contributed by atoms with E-state index in [-0.39, 0.29) is 0 Å². The van der Waals surface area contributed by atoms with Gasteiger partial charge in [0.2, 0.25) is 10.0 Å². The average Bonchev–Trinajstić information content (AvgIpc) is 2.28. The Labute approximate surface area is 104 Å². The molecule has 0 atom stereocenters. The fraction of sp³-hybridized carbons (Fsp3) is 0.385. The molecule has 0 unspecified atom stereocenters. The third-order valence-corrected chi connectivity index (χ3v) is 3.41. The van der Waals surface area contributed by atoms with E-state index < -0.39 is 10.0 Å². The van der Waals surface area contributed by atoms with E-state index in [1.807, 2.05) is 24.3 Å². The fourth-order valence-corrected chi connectivity index (χ4v) is 1.94. The molecule has 0 spiro atoms. The number of rotatable bonds is 5. The van der Waals surface area contributed by atoms with Gasteiger partial charge in [-0.2, -0.15) is 0 Å². The van der Waals surface area contributed by atoms with E-state index >= 15 is 0 Å². The average molecular weight is 253 g/mol. The lowest BCUT2D eigenvalue weighted by Gasteiger charge is -2.04. The Bertz CT molecular complexity index is 473. The topological polar surface area (TPSA) is 46.2 Å². The largest absolute Gasteiger partial charge is 0.233 e. The second-order valence-electron chi connectivity index (χ2n) is 4.39. The SMILES string of the molecule is CNS(=O)(=O)/C=C/c1ccc(CC(C)C)cc1. The predicted octanol–water partition coefficient (Wildman–Crippen LogP) is 2.41. The third kappa shape index (κ3) is 5.15. The molecule has 0 aromatic heterocycles. The number of sulfonamides is 1. The van der Waals surface area contributed by atoms with Crippen LogP contribution in [-0.4, -0.2) is 15.5 Å². The Hall–Kier alpha value is -1.13. The minimum atomic E-state index is -3.28. The first kappa shape index (κ1) is 13.9. The summed E-state index contributed by atoms with van der Waals surface area (Å²) in [7, 11) is -1.88. The zero-order chi connectivity index (χ0) is 12.9. The highest BCUT2D eigenvalue weighted by atomic mass is 32.2. The monoisotopic (exact) mass is 253 g/mol. The number of benzene rings is 1. The van der Waals surface area contributed by atoms with Crippen LogP contribution in [0.25, 0.3) is 6.08 Å². The summed E-state index contributed by atoms with van der Waals surface area (Å²) in [6, 6.07) is 7.93. The standard InChI is InChI=1S/C13H19NO2S/c1-11(2)10-13-6-4-12(5-7-13)8-9-17(15,16)14-3/h4-9,11,14H,10H2,1-3H3/b9-8+. The van der Waals surface area contributed by atoms with Crippen molar-refractivity contribution in [3.63, 3.8) is 0 Å². The molecule has 1 N–H and O–H groups in total. The summed E-state index contributed by atoms with van der Waals surface area (Å²) >= 11 is 0. The molecule has 3 nitrogen and oxygen atoms in total. The molecule has 1 aromatic rings. The molecule has 94 valence electrons. The van der Waals surface area contributed by atoms with Crippen molar-refractivity contribution in [2.24, 2.45) is 5.92 Å². The van der Waals surface area contributed by atoms with E-state index in [2.05, 4.69) is 18.6 Å². The second kappa shape index (κ2) is 5.98. The molecule has 17 heavy (non-hydrogen) atoms. The summed E-state index contributed by atoms with van der Waals surface area (Å²) in [5.74, 6) is 0.626. The van der Waals surface area contributed by atoms with Crippen LogP contribution >= 0.6 is 0 Å². The normalized spacial score (nSPS) is 12.5. The van der Waals surface area contributed by atoms with Crippen molar-refractivity contribution in [1.29, 1.82) is 0 Å². The zero-order valence-electron chi connectivity index (χ0n) is 10.5. The van der Waals surface area contributed by atoms with Crippen LogP contribution in [0.1, 0.15) is 25.0 Å². The number of hydrogen-bond donors (Lipinski definition) is 1. The molecule has 4 heteroatoms. The summed E-state index contributed by atoms with van der Waals surface area (Å²) in [5.41, 5.74) is 2.16. The smallest absolute Gasteiger partial charge is 0.215 e. The van der Waals surface area contributed by atoms with Crippen LogP contribution in [0.15, 0.2) is 29.7 Å². The van der Waals surface area contributed by atoms with Gasteiger partial charge in [-0.1, -0.05) is 38.1 Å². The van der Waals surface area contributed by atoms with Crippen molar-refractivity contribution >= 4 is 16.1 Å². The van der Waals surface area contributed by atoms with Gasteiger partial charge in [0.05, 0.1) is 0 Å². The first-order chi connectivity index (χ1) is 7.93. The van der Waals surface area contributed by atoms with E-state index in [1.165, 1.54) is 18.0 Å².